The van der Waals surface area contributed by atoms with Crippen molar-refractivity contribution in [3.05, 3.63) is 34.1 Å². The minimum absolute atomic E-state index is 0.178. The van der Waals surface area contributed by atoms with Crippen molar-refractivity contribution in [2.24, 2.45) is 0 Å². The fraction of sp³-hybridized carbons (Fsp3) is 0.611. The normalized spacial score (nSPS) is 21.2. The second-order valence-corrected chi connectivity index (χ2v) is 10.4. The average molecular weight is 465 g/mol. The Bertz CT molecular complexity index is 795. The van der Waals surface area contributed by atoms with E-state index in [1.165, 1.54) is 4.90 Å². The third kappa shape index (κ3) is 6.43. The van der Waals surface area contributed by atoms with Gasteiger partial charge < -0.3 is 9.64 Å². The molecule has 0 aliphatic carbocycles. The standard InChI is InChI=1S/C18H26BrFN2O4S/c1-18(2,3)26-17(23)22-10-6-9-14(21-27(4,24)25)15(22)11-12-7-5-8-13(19)16(12)20/h5,7-8,14-15,21H,6,9-11H2,1-4H3/t14-,15-/m0/s1. The zero-order chi connectivity index (χ0) is 20.4. The van der Waals surface area contributed by atoms with E-state index >= 15 is 0 Å². The molecule has 1 amide bonds. The van der Waals surface area contributed by atoms with E-state index in [0.717, 1.165) is 6.26 Å². The first-order chi connectivity index (χ1) is 12.4. The lowest BCUT2D eigenvalue weighted by Crippen LogP contribution is -2.58. The number of likely N-dealkylation sites (tertiary alicyclic amines) is 1. The highest BCUT2D eigenvalue weighted by molar-refractivity contribution is 9.10. The second-order valence-electron chi connectivity index (χ2n) is 7.80. The van der Waals surface area contributed by atoms with Crippen LogP contribution in [0.4, 0.5) is 9.18 Å². The molecule has 1 N–H and O–H groups in total. The van der Waals surface area contributed by atoms with Gasteiger partial charge in [-0.25, -0.2) is 22.3 Å². The molecule has 0 unspecified atom stereocenters. The van der Waals surface area contributed by atoms with Crippen LogP contribution in [0.3, 0.4) is 0 Å². The summed E-state index contributed by atoms with van der Waals surface area (Å²) in [6.45, 7) is 5.73. The topological polar surface area (TPSA) is 75.7 Å². The minimum Gasteiger partial charge on any atom is -0.444 e. The largest absolute Gasteiger partial charge is 0.444 e. The number of carbonyl (C=O) groups is 1. The maximum atomic E-state index is 14.5. The van der Waals surface area contributed by atoms with Gasteiger partial charge in [0.15, 0.2) is 0 Å². The van der Waals surface area contributed by atoms with E-state index < -0.39 is 39.6 Å². The van der Waals surface area contributed by atoms with Crippen LogP contribution in [0.2, 0.25) is 0 Å². The summed E-state index contributed by atoms with van der Waals surface area (Å²) in [7, 11) is -3.48. The number of nitrogens with one attached hydrogen (secondary N) is 1. The van der Waals surface area contributed by atoms with Gasteiger partial charge in [-0.15, -0.1) is 0 Å². The Morgan fingerprint density at radius 1 is 1.41 bits per heavy atom. The molecule has 1 heterocycles. The molecule has 1 saturated heterocycles. The average Bonchev–Trinajstić information content (AvgIpc) is 2.50. The lowest BCUT2D eigenvalue weighted by atomic mass is 9.91. The van der Waals surface area contributed by atoms with Crippen molar-refractivity contribution in [3.8, 4) is 0 Å². The molecule has 0 spiro atoms. The molecule has 2 rings (SSSR count). The summed E-state index contributed by atoms with van der Waals surface area (Å²) in [5.74, 6) is -0.412. The van der Waals surface area contributed by atoms with Crippen molar-refractivity contribution >= 4 is 32.0 Å². The molecular weight excluding hydrogens is 439 g/mol. The number of hydrogen-bond donors (Lipinski definition) is 1. The van der Waals surface area contributed by atoms with Gasteiger partial charge in [0.2, 0.25) is 10.0 Å². The van der Waals surface area contributed by atoms with Crippen LogP contribution >= 0.6 is 15.9 Å². The molecule has 0 saturated carbocycles. The zero-order valence-electron chi connectivity index (χ0n) is 16.0. The smallest absolute Gasteiger partial charge is 0.410 e. The number of amides is 1. The number of hydrogen-bond acceptors (Lipinski definition) is 4. The molecule has 1 aliphatic heterocycles. The number of rotatable bonds is 4. The monoisotopic (exact) mass is 464 g/mol. The van der Waals surface area contributed by atoms with Crippen LogP contribution in [0.5, 0.6) is 0 Å². The van der Waals surface area contributed by atoms with Crippen LogP contribution < -0.4 is 4.72 Å². The highest BCUT2D eigenvalue weighted by Gasteiger charge is 2.38. The SMILES string of the molecule is CC(C)(C)OC(=O)N1CCC[C@H](NS(C)(=O)=O)[C@@H]1Cc1cccc(Br)c1F. The Hall–Kier alpha value is -1.19. The van der Waals surface area contributed by atoms with Gasteiger partial charge in [0.25, 0.3) is 0 Å². The molecule has 0 aromatic heterocycles. The lowest BCUT2D eigenvalue weighted by Gasteiger charge is -2.41. The third-order valence-corrected chi connectivity index (χ3v) is 5.58. The van der Waals surface area contributed by atoms with Crippen LogP contribution in [0, 0.1) is 5.82 Å². The van der Waals surface area contributed by atoms with Crippen LogP contribution in [-0.2, 0) is 21.2 Å². The van der Waals surface area contributed by atoms with Crippen molar-refractivity contribution in [1.29, 1.82) is 0 Å². The van der Waals surface area contributed by atoms with Gasteiger partial charge in [-0.1, -0.05) is 12.1 Å². The minimum atomic E-state index is -3.48. The molecule has 9 heteroatoms. The summed E-state index contributed by atoms with van der Waals surface area (Å²) in [6, 6.07) is 3.88. The Kier molecular flexibility index (Phi) is 6.91. The van der Waals surface area contributed by atoms with Gasteiger partial charge in [-0.2, -0.15) is 0 Å². The van der Waals surface area contributed by atoms with E-state index in [9.17, 15) is 17.6 Å². The summed E-state index contributed by atoms with van der Waals surface area (Å²) >= 11 is 3.17. The van der Waals surface area contributed by atoms with Crippen molar-refractivity contribution in [2.45, 2.75) is 57.7 Å². The first-order valence-corrected chi connectivity index (χ1v) is 11.5. The first-order valence-electron chi connectivity index (χ1n) is 8.77. The third-order valence-electron chi connectivity index (χ3n) is 4.23. The van der Waals surface area contributed by atoms with E-state index in [-0.39, 0.29) is 6.42 Å². The van der Waals surface area contributed by atoms with Crippen molar-refractivity contribution in [3.63, 3.8) is 0 Å². The molecule has 27 heavy (non-hydrogen) atoms. The highest BCUT2D eigenvalue weighted by Crippen LogP contribution is 2.27. The Balaban J connectivity index is 2.35. The Labute approximate surface area is 168 Å². The summed E-state index contributed by atoms with van der Waals surface area (Å²) in [5, 5.41) is 0. The maximum absolute atomic E-state index is 14.5. The van der Waals surface area contributed by atoms with E-state index in [1.54, 1.807) is 39.0 Å². The van der Waals surface area contributed by atoms with Gasteiger partial charge in [0.1, 0.15) is 11.4 Å². The molecular formula is C18H26BrFN2O4S. The number of nitrogens with zero attached hydrogens (tertiary/aromatic N) is 1. The second kappa shape index (κ2) is 8.45. The van der Waals surface area contributed by atoms with Gasteiger partial charge in [-0.3, -0.25) is 0 Å². The van der Waals surface area contributed by atoms with Crippen LogP contribution in [0.1, 0.15) is 39.2 Å². The summed E-state index contributed by atoms with van der Waals surface area (Å²) in [6.07, 6.45) is 1.92. The number of piperidine rings is 1. The molecule has 0 radical (unpaired) electrons. The van der Waals surface area contributed by atoms with E-state index in [1.807, 2.05) is 0 Å². The van der Waals surface area contributed by atoms with Crippen molar-refractivity contribution in [1.82, 2.24) is 9.62 Å². The number of sulfonamides is 1. The van der Waals surface area contributed by atoms with Gasteiger partial charge in [-0.05, 0) is 67.6 Å². The molecule has 0 bridgehead atoms. The first kappa shape index (κ1) is 22.1. The summed E-state index contributed by atoms with van der Waals surface area (Å²) in [4.78, 5) is 14.2. The maximum Gasteiger partial charge on any atom is 0.410 e. The molecule has 152 valence electrons. The van der Waals surface area contributed by atoms with Crippen molar-refractivity contribution in [2.75, 3.05) is 12.8 Å². The van der Waals surface area contributed by atoms with E-state index in [2.05, 4.69) is 20.7 Å². The molecule has 1 aromatic carbocycles. The molecule has 2 atom stereocenters. The predicted molar refractivity (Wildman–Crippen MR) is 106 cm³/mol. The lowest BCUT2D eigenvalue weighted by molar-refractivity contribution is 0.00580. The fourth-order valence-corrected chi connectivity index (χ4v) is 4.43. The molecule has 6 nitrogen and oxygen atoms in total. The zero-order valence-corrected chi connectivity index (χ0v) is 18.4. The van der Waals surface area contributed by atoms with E-state index in [4.69, 9.17) is 4.74 Å². The molecule has 1 fully saturated rings. The van der Waals surface area contributed by atoms with Crippen molar-refractivity contribution < 1.29 is 22.3 Å². The number of ether oxygens (including phenoxy) is 1. The fourth-order valence-electron chi connectivity index (χ4n) is 3.20. The summed E-state index contributed by atoms with van der Waals surface area (Å²) < 4.78 is 46.5. The highest BCUT2D eigenvalue weighted by atomic mass is 79.9. The van der Waals surface area contributed by atoms with Crippen LogP contribution in [0.15, 0.2) is 22.7 Å². The van der Waals surface area contributed by atoms with Crippen LogP contribution in [-0.4, -0.2) is 49.9 Å². The summed E-state index contributed by atoms with van der Waals surface area (Å²) in [5.41, 5.74) is -0.273. The Morgan fingerprint density at radius 2 is 2.07 bits per heavy atom. The van der Waals surface area contributed by atoms with Crippen LogP contribution in [0.25, 0.3) is 0 Å². The van der Waals surface area contributed by atoms with Gasteiger partial charge >= 0.3 is 6.09 Å². The molecule has 1 aromatic rings. The van der Waals surface area contributed by atoms with E-state index in [0.29, 0.717) is 29.4 Å². The number of halogens is 2. The number of benzene rings is 1. The quantitative estimate of drug-likeness (QED) is 0.739. The number of carbonyl (C=O) groups excluding carboxylic acids is 1. The molecule has 1 aliphatic rings. The van der Waals surface area contributed by atoms with Gasteiger partial charge in [0, 0.05) is 12.6 Å². The predicted octanol–water partition coefficient (Wildman–Crippen LogP) is 3.45. The van der Waals surface area contributed by atoms with Gasteiger partial charge in [0.05, 0.1) is 16.8 Å². The Morgan fingerprint density at radius 3 is 2.67 bits per heavy atom.